The van der Waals surface area contributed by atoms with Gasteiger partial charge in [-0.3, -0.25) is 4.68 Å². The summed E-state index contributed by atoms with van der Waals surface area (Å²) in [4.78, 5) is 0. The number of nitrogens with zero attached hydrogens (tertiary/aromatic N) is 2. The Morgan fingerprint density at radius 1 is 1.46 bits per heavy atom. The number of aromatic nitrogens is 2. The lowest BCUT2D eigenvalue weighted by molar-refractivity contribution is 0.549. The molecule has 3 heteroatoms. The van der Waals surface area contributed by atoms with Gasteiger partial charge in [-0.1, -0.05) is 20.8 Å². The Balaban J connectivity index is 3.10. The highest BCUT2D eigenvalue weighted by molar-refractivity contribution is 5.19. The lowest BCUT2D eigenvalue weighted by Crippen LogP contribution is -2.12. The molecule has 0 bridgehead atoms. The van der Waals surface area contributed by atoms with Crippen molar-refractivity contribution in [1.29, 1.82) is 0 Å². The maximum Gasteiger partial charge on any atom is 0.0681 e. The molecule has 74 valence electrons. The van der Waals surface area contributed by atoms with Gasteiger partial charge in [-0.25, -0.2) is 0 Å². The third-order valence-electron chi connectivity index (χ3n) is 2.15. The van der Waals surface area contributed by atoms with Crippen LogP contribution in [-0.4, -0.2) is 9.78 Å². The van der Waals surface area contributed by atoms with Crippen molar-refractivity contribution in [3.63, 3.8) is 0 Å². The summed E-state index contributed by atoms with van der Waals surface area (Å²) >= 11 is 0. The Morgan fingerprint density at radius 3 is 2.23 bits per heavy atom. The van der Waals surface area contributed by atoms with Gasteiger partial charge in [-0.05, 0) is 13.0 Å². The molecule has 13 heavy (non-hydrogen) atoms. The molecule has 0 saturated heterocycles. The van der Waals surface area contributed by atoms with Crippen LogP contribution < -0.4 is 5.73 Å². The molecule has 1 atom stereocenters. The summed E-state index contributed by atoms with van der Waals surface area (Å²) in [6.07, 6.45) is 0. The van der Waals surface area contributed by atoms with E-state index >= 15 is 0 Å². The molecule has 2 N–H and O–H groups in total. The number of hydrogen-bond acceptors (Lipinski definition) is 2. The fourth-order valence-corrected chi connectivity index (χ4v) is 1.27. The van der Waals surface area contributed by atoms with E-state index in [4.69, 9.17) is 5.73 Å². The zero-order chi connectivity index (χ0) is 10.2. The molecular formula is C10H19N3. The smallest absolute Gasteiger partial charge is 0.0681 e. The highest BCUT2D eigenvalue weighted by Gasteiger charge is 2.19. The first-order chi connectivity index (χ1) is 5.82. The minimum Gasteiger partial charge on any atom is -0.323 e. The zero-order valence-corrected chi connectivity index (χ0v) is 9.13. The molecule has 0 amide bonds. The molecule has 0 aliphatic heterocycles. The van der Waals surface area contributed by atoms with Gasteiger partial charge < -0.3 is 5.73 Å². The summed E-state index contributed by atoms with van der Waals surface area (Å²) in [5.74, 6) is 0. The second-order valence-electron chi connectivity index (χ2n) is 4.62. The Bertz CT molecular complexity index is 292. The number of aryl methyl sites for hydroxylation is 1. The van der Waals surface area contributed by atoms with Crippen LogP contribution in [0.4, 0.5) is 0 Å². The van der Waals surface area contributed by atoms with E-state index in [0.29, 0.717) is 0 Å². The van der Waals surface area contributed by atoms with Gasteiger partial charge >= 0.3 is 0 Å². The van der Waals surface area contributed by atoms with Crippen LogP contribution >= 0.6 is 0 Å². The Morgan fingerprint density at radius 2 is 2.00 bits per heavy atom. The van der Waals surface area contributed by atoms with E-state index in [1.54, 1.807) is 0 Å². The van der Waals surface area contributed by atoms with Crippen LogP contribution in [0.5, 0.6) is 0 Å². The SMILES string of the molecule is C[C@@H](N)c1cc(C(C)(C)C)nn1C. The van der Waals surface area contributed by atoms with Crippen LogP contribution in [-0.2, 0) is 12.5 Å². The van der Waals surface area contributed by atoms with Gasteiger partial charge in [0.25, 0.3) is 0 Å². The summed E-state index contributed by atoms with van der Waals surface area (Å²) in [6.45, 7) is 8.43. The lowest BCUT2D eigenvalue weighted by Gasteiger charge is -2.13. The van der Waals surface area contributed by atoms with Crippen molar-refractivity contribution in [2.45, 2.75) is 39.2 Å². The largest absolute Gasteiger partial charge is 0.323 e. The van der Waals surface area contributed by atoms with Crippen molar-refractivity contribution in [1.82, 2.24) is 9.78 Å². The van der Waals surface area contributed by atoms with Crippen LogP contribution in [0.15, 0.2) is 6.07 Å². The van der Waals surface area contributed by atoms with Gasteiger partial charge in [-0.15, -0.1) is 0 Å². The standard InChI is InChI=1S/C10H19N3/c1-7(11)8-6-9(10(2,3)4)12-13(8)5/h6-7H,11H2,1-5H3/t7-/m1/s1. The first kappa shape index (κ1) is 10.3. The molecule has 0 unspecified atom stereocenters. The number of nitrogens with two attached hydrogens (primary N) is 1. The fourth-order valence-electron chi connectivity index (χ4n) is 1.27. The molecule has 0 spiro atoms. The van der Waals surface area contributed by atoms with E-state index in [-0.39, 0.29) is 11.5 Å². The molecule has 0 aromatic carbocycles. The Labute approximate surface area is 79.9 Å². The molecule has 1 aromatic rings. The topological polar surface area (TPSA) is 43.8 Å². The average Bonchev–Trinajstić information content (AvgIpc) is 2.29. The third kappa shape index (κ3) is 2.10. The van der Waals surface area contributed by atoms with E-state index in [1.165, 1.54) is 0 Å². The summed E-state index contributed by atoms with van der Waals surface area (Å²) in [7, 11) is 1.94. The molecule has 0 fully saturated rings. The quantitative estimate of drug-likeness (QED) is 0.717. The second kappa shape index (κ2) is 3.14. The van der Waals surface area contributed by atoms with Gasteiger partial charge in [0.05, 0.1) is 11.4 Å². The Kier molecular flexibility index (Phi) is 2.48. The molecule has 0 aliphatic rings. The van der Waals surface area contributed by atoms with Gasteiger partial charge in [0.15, 0.2) is 0 Å². The molecule has 0 aliphatic carbocycles. The van der Waals surface area contributed by atoms with Crippen molar-refractivity contribution in [3.05, 3.63) is 17.5 Å². The van der Waals surface area contributed by atoms with Crippen LogP contribution in [0.1, 0.15) is 45.1 Å². The van der Waals surface area contributed by atoms with Crippen molar-refractivity contribution >= 4 is 0 Å². The van der Waals surface area contributed by atoms with E-state index in [2.05, 4.69) is 31.9 Å². The minimum absolute atomic E-state index is 0.0496. The molecule has 1 rings (SSSR count). The Hall–Kier alpha value is -0.830. The van der Waals surface area contributed by atoms with Crippen LogP contribution in [0.3, 0.4) is 0 Å². The van der Waals surface area contributed by atoms with Crippen LogP contribution in [0, 0.1) is 0 Å². The molecule has 0 radical (unpaired) electrons. The first-order valence-corrected chi connectivity index (χ1v) is 4.62. The highest BCUT2D eigenvalue weighted by atomic mass is 15.3. The monoisotopic (exact) mass is 181 g/mol. The highest BCUT2D eigenvalue weighted by Crippen LogP contribution is 2.22. The molecule has 1 heterocycles. The van der Waals surface area contributed by atoms with Crippen LogP contribution in [0.25, 0.3) is 0 Å². The molecule has 3 nitrogen and oxygen atoms in total. The molecule has 0 saturated carbocycles. The number of rotatable bonds is 1. The van der Waals surface area contributed by atoms with E-state index in [9.17, 15) is 0 Å². The van der Waals surface area contributed by atoms with Crippen molar-refractivity contribution in [2.24, 2.45) is 12.8 Å². The zero-order valence-electron chi connectivity index (χ0n) is 9.13. The maximum atomic E-state index is 5.81. The first-order valence-electron chi connectivity index (χ1n) is 4.62. The normalized spacial score (nSPS) is 14.6. The molecule has 1 aromatic heterocycles. The van der Waals surface area contributed by atoms with E-state index in [0.717, 1.165) is 11.4 Å². The predicted molar refractivity (Wildman–Crippen MR) is 54.5 cm³/mol. The predicted octanol–water partition coefficient (Wildman–Crippen LogP) is 1.74. The van der Waals surface area contributed by atoms with Gasteiger partial charge in [0, 0.05) is 18.5 Å². The van der Waals surface area contributed by atoms with E-state index in [1.807, 2.05) is 18.7 Å². The van der Waals surface area contributed by atoms with Crippen molar-refractivity contribution in [3.8, 4) is 0 Å². The van der Waals surface area contributed by atoms with Crippen molar-refractivity contribution < 1.29 is 0 Å². The van der Waals surface area contributed by atoms with Gasteiger partial charge in [0.2, 0.25) is 0 Å². The lowest BCUT2D eigenvalue weighted by atomic mass is 9.92. The second-order valence-corrected chi connectivity index (χ2v) is 4.62. The third-order valence-corrected chi connectivity index (χ3v) is 2.15. The fraction of sp³-hybridized carbons (Fsp3) is 0.700. The summed E-state index contributed by atoms with van der Waals surface area (Å²) in [5, 5.41) is 4.44. The summed E-state index contributed by atoms with van der Waals surface area (Å²) in [6, 6.07) is 2.14. The average molecular weight is 181 g/mol. The van der Waals surface area contributed by atoms with Crippen molar-refractivity contribution in [2.75, 3.05) is 0 Å². The molecular weight excluding hydrogens is 162 g/mol. The van der Waals surface area contributed by atoms with Gasteiger partial charge in [-0.2, -0.15) is 5.10 Å². The van der Waals surface area contributed by atoms with E-state index < -0.39 is 0 Å². The maximum absolute atomic E-state index is 5.81. The summed E-state index contributed by atoms with van der Waals surface area (Å²) in [5.41, 5.74) is 8.10. The summed E-state index contributed by atoms with van der Waals surface area (Å²) < 4.78 is 1.87. The minimum atomic E-state index is 0.0496. The van der Waals surface area contributed by atoms with Gasteiger partial charge in [0.1, 0.15) is 0 Å². The van der Waals surface area contributed by atoms with Crippen LogP contribution in [0.2, 0.25) is 0 Å². The number of hydrogen-bond donors (Lipinski definition) is 1.